The highest BCUT2D eigenvalue weighted by atomic mass is 16.5. The van der Waals surface area contributed by atoms with E-state index < -0.39 is 0 Å². The van der Waals surface area contributed by atoms with E-state index in [1.807, 2.05) is 29.2 Å². The average molecular weight is 429 g/mol. The number of urea groups is 1. The fourth-order valence-corrected chi connectivity index (χ4v) is 6.08. The van der Waals surface area contributed by atoms with Crippen LogP contribution in [0.2, 0.25) is 0 Å². The van der Waals surface area contributed by atoms with E-state index in [1.165, 1.54) is 0 Å². The molecule has 1 N–H and O–H groups in total. The van der Waals surface area contributed by atoms with Gasteiger partial charge in [0.05, 0.1) is 18.6 Å². The van der Waals surface area contributed by atoms with Gasteiger partial charge < -0.3 is 24.8 Å². The Kier molecular flexibility index (Phi) is 6.15. The zero-order valence-corrected chi connectivity index (χ0v) is 19.3. The Hall–Kier alpha value is -2.28. The molecule has 3 aliphatic heterocycles. The Morgan fingerprint density at radius 3 is 2.65 bits per heavy atom. The minimum atomic E-state index is -0.102. The summed E-state index contributed by atoms with van der Waals surface area (Å²) in [5.41, 5.74) is 0.630. The van der Waals surface area contributed by atoms with Crippen molar-refractivity contribution < 1.29 is 14.3 Å². The summed E-state index contributed by atoms with van der Waals surface area (Å²) in [6.07, 6.45) is 1.71. The number of nitrogens with zero attached hydrogens (tertiary/aromatic N) is 3. The van der Waals surface area contributed by atoms with Crippen LogP contribution in [0.3, 0.4) is 0 Å². The number of likely N-dealkylation sites (tertiary alicyclic amines) is 3. The molecule has 31 heavy (non-hydrogen) atoms. The van der Waals surface area contributed by atoms with Crippen molar-refractivity contribution in [3.63, 3.8) is 0 Å². The van der Waals surface area contributed by atoms with Crippen molar-refractivity contribution in [3.8, 4) is 5.75 Å². The highest BCUT2D eigenvalue weighted by Crippen LogP contribution is 2.49. The molecule has 0 radical (unpaired) electrons. The van der Waals surface area contributed by atoms with E-state index in [-0.39, 0.29) is 17.5 Å². The number of rotatable bonds is 5. The molecular formula is C24H36N4O3. The monoisotopic (exact) mass is 428 g/mol. The van der Waals surface area contributed by atoms with Gasteiger partial charge in [0.15, 0.2) is 0 Å². The zero-order chi connectivity index (χ0) is 22.2. The fraction of sp³-hybridized carbons (Fsp3) is 0.667. The molecule has 4 rings (SSSR count). The quantitative estimate of drug-likeness (QED) is 0.783. The molecule has 2 atom stereocenters. The third kappa shape index (κ3) is 4.00. The van der Waals surface area contributed by atoms with Crippen LogP contribution < -0.4 is 10.1 Å². The number of carbonyl (C=O) groups is 2. The van der Waals surface area contributed by atoms with Crippen molar-refractivity contribution in [3.05, 3.63) is 24.3 Å². The predicted octanol–water partition coefficient (Wildman–Crippen LogP) is 3.13. The molecule has 0 unspecified atom stereocenters. The first-order valence-corrected chi connectivity index (χ1v) is 11.6. The number of ether oxygens (including phenoxy) is 1. The van der Waals surface area contributed by atoms with Gasteiger partial charge in [-0.2, -0.15) is 0 Å². The summed E-state index contributed by atoms with van der Waals surface area (Å²) in [6, 6.07) is 7.33. The fourth-order valence-electron chi connectivity index (χ4n) is 6.08. The molecule has 3 aliphatic rings. The second-order valence-corrected chi connectivity index (χ2v) is 9.66. The number of benzene rings is 1. The molecule has 170 valence electrons. The standard InChI is InChI=1S/C24H36N4O3/c1-5-28-22(29)20-15-26(14-17(2)3)16-21(20)24(28)9-11-27(12-10-24)23(30)25-18-7-6-8-19(13-18)31-4/h6-8,13,17,20-21H,5,9-12,14-16H2,1-4H3,(H,25,30)/t20-,21+/m0/s1. The molecule has 1 aromatic carbocycles. The Morgan fingerprint density at radius 1 is 1.26 bits per heavy atom. The largest absolute Gasteiger partial charge is 0.497 e. The van der Waals surface area contributed by atoms with E-state index in [9.17, 15) is 9.59 Å². The summed E-state index contributed by atoms with van der Waals surface area (Å²) in [7, 11) is 1.62. The minimum absolute atomic E-state index is 0.0834. The number of anilines is 1. The number of methoxy groups -OCH3 is 1. The summed E-state index contributed by atoms with van der Waals surface area (Å²) >= 11 is 0. The van der Waals surface area contributed by atoms with E-state index >= 15 is 0 Å². The molecule has 0 aliphatic carbocycles. The normalized spacial score (nSPS) is 25.4. The highest BCUT2D eigenvalue weighted by molar-refractivity contribution is 5.90. The molecule has 3 amide bonds. The van der Waals surface area contributed by atoms with Gasteiger partial charge in [-0.3, -0.25) is 4.79 Å². The number of hydrogen-bond acceptors (Lipinski definition) is 4. The first-order chi connectivity index (χ1) is 14.9. The van der Waals surface area contributed by atoms with Crippen LogP contribution in [0.25, 0.3) is 0 Å². The molecule has 1 aromatic rings. The van der Waals surface area contributed by atoms with Crippen LogP contribution in [0.4, 0.5) is 10.5 Å². The number of amides is 3. The van der Waals surface area contributed by atoms with Crippen LogP contribution in [0, 0.1) is 17.8 Å². The molecule has 0 bridgehead atoms. The van der Waals surface area contributed by atoms with Crippen LogP contribution in [0.1, 0.15) is 33.6 Å². The summed E-state index contributed by atoms with van der Waals surface area (Å²) < 4.78 is 5.25. The van der Waals surface area contributed by atoms with Crippen LogP contribution in [-0.2, 0) is 4.79 Å². The maximum atomic E-state index is 13.2. The number of hydrogen-bond donors (Lipinski definition) is 1. The molecule has 0 aromatic heterocycles. The van der Waals surface area contributed by atoms with Crippen LogP contribution in [-0.4, -0.2) is 78.6 Å². The van der Waals surface area contributed by atoms with Gasteiger partial charge in [-0.25, -0.2) is 4.79 Å². The third-order valence-electron chi connectivity index (χ3n) is 7.38. The Morgan fingerprint density at radius 2 is 2.00 bits per heavy atom. The van der Waals surface area contributed by atoms with Gasteiger partial charge in [-0.15, -0.1) is 0 Å². The minimum Gasteiger partial charge on any atom is -0.497 e. The third-order valence-corrected chi connectivity index (χ3v) is 7.38. The molecular weight excluding hydrogens is 392 g/mol. The molecule has 3 fully saturated rings. The average Bonchev–Trinajstić information content (AvgIpc) is 3.25. The van der Waals surface area contributed by atoms with Crippen molar-refractivity contribution in [2.45, 2.75) is 39.2 Å². The molecule has 0 saturated carbocycles. The molecule has 3 saturated heterocycles. The lowest BCUT2D eigenvalue weighted by molar-refractivity contribution is -0.135. The molecule has 1 spiro atoms. The first kappa shape index (κ1) is 21.9. The van der Waals surface area contributed by atoms with Crippen LogP contribution in [0.5, 0.6) is 5.75 Å². The van der Waals surface area contributed by atoms with Gasteiger partial charge in [0.2, 0.25) is 5.91 Å². The molecule has 7 heteroatoms. The summed E-state index contributed by atoms with van der Waals surface area (Å²) in [5.74, 6) is 2.15. The number of fused-ring (bicyclic) bond motifs is 2. The van der Waals surface area contributed by atoms with Crippen LogP contribution >= 0.6 is 0 Å². The van der Waals surface area contributed by atoms with Crippen molar-refractivity contribution in [2.24, 2.45) is 17.8 Å². The maximum absolute atomic E-state index is 13.2. The van der Waals surface area contributed by atoms with E-state index in [4.69, 9.17) is 4.74 Å². The second kappa shape index (κ2) is 8.69. The predicted molar refractivity (Wildman–Crippen MR) is 121 cm³/mol. The summed E-state index contributed by atoms with van der Waals surface area (Å²) in [6.45, 7) is 11.6. The topological polar surface area (TPSA) is 65.1 Å². The maximum Gasteiger partial charge on any atom is 0.321 e. The van der Waals surface area contributed by atoms with E-state index in [2.05, 4.69) is 35.9 Å². The SMILES string of the molecule is CCN1C(=O)[C@H]2CN(CC(C)C)C[C@H]2C12CCN(C(=O)Nc1cccc(OC)c1)CC2. The molecule has 7 nitrogen and oxygen atoms in total. The highest BCUT2D eigenvalue weighted by Gasteiger charge is 2.61. The summed E-state index contributed by atoms with van der Waals surface area (Å²) in [5, 5.41) is 2.99. The lowest BCUT2D eigenvalue weighted by Gasteiger charge is -2.47. The summed E-state index contributed by atoms with van der Waals surface area (Å²) in [4.78, 5) is 32.6. The van der Waals surface area contributed by atoms with Gasteiger partial charge in [0, 0.05) is 56.9 Å². The van der Waals surface area contributed by atoms with Gasteiger partial charge in [0.1, 0.15) is 5.75 Å². The van der Waals surface area contributed by atoms with Crippen molar-refractivity contribution in [2.75, 3.05) is 51.7 Å². The second-order valence-electron chi connectivity index (χ2n) is 9.66. The zero-order valence-electron chi connectivity index (χ0n) is 19.3. The van der Waals surface area contributed by atoms with Crippen LogP contribution in [0.15, 0.2) is 24.3 Å². The number of carbonyl (C=O) groups excluding carboxylic acids is 2. The Balaban J connectivity index is 1.44. The van der Waals surface area contributed by atoms with Crippen molar-refractivity contribution >= 4 is 17.6 Å². The van der Waals surface area contributed by atoms with Gasteiger partial charge in [-0.05, 0) is 37.8 Å². The van der Waals surface area contributed by atoms with E-state index in [1.54, 1.807) is 7.11 Å². The lowest BCUT2D eigenvalue weighted by Crippen LogP contribution is -2.58. The van der Waals surface area contributed by atoms with Crippen molar-refractivity contribution in [1.82, 2.24) is 14.7 Å². The lowest BCUT2D eigenvalue weighted by atomic mass is 9.75. The Labute approximate surface area is 185 Å². The van der Waals surface area contributed by atoms with Gasteiger partial charge in [-0.1, -0.05) is 19.9 Å². The first-order valence-electron chi connectivity index (χ1n) is 11.6. The van der Waals surface area contributed by atoms with Crippen molar-refractivity contribution in [1.29, 1.82) is 0 Å². The van der Waals surface area contributed by atoms with Gasteiger partial charge >= 0.3 is 6.03 Å². The van der Waals surface area contributed by atoms with E-state index in [0.717, 1.165) is 50.5 Å². The van der Waals surface area contributed by atoms with E-state index in [0.29, 0.717) is 30.8 Å². The number of nitrogens with one attached hydrogen (secondary N) is 1. The Bertz CT molecular complexity index is 819. The molecule has 3 heterocycles. The van der Waals surface area contributed by atoms with Gasteiger partial charge in [0.25, 0.3) is 0 Å². The number of piperidine rings is 1. The smallest absolute Gasteiger partial charge is 0.321 e.